The van der Waals surface area contributed by atoms with E-state index in [4.69, 9.17) is 0 Å². The molecule has 0 rings (SSSR count). The van der Waals surface area contributed by atoms with E-state index in [9.17, 15) is 4.79 Å². The summed E-state index contributed by atoms with van der Waals surface area (Å²) in [6.07, 6.45) is 6.84. The first-order chi connectivity index (χ1) is 6.26. The minimum absolute atomic E-state index is 0.0802. The van der Waals surface area contributed by atoms with Gasteiger partial charge in [-0.2, -0.15) is 0 Å². The molecule has 0 saturated heterocycles. The van der Waals surface area contributed by atoms with E-state index in [0.29, 0.717) is 5.57 Å². The van der Waals surface area contributed by atoms with Crippen LogP contribution in [0.3, 0.4) is 0 Å². The second-order valence-electron chi connectivity index (χ2n) is 2.67. The number of carbonyl (C=O) groups is 1. The van der Waals surface area contributed by atoms with Crippen LogP contribution in [-0.2, 0) is 4.79 Å². The third-order valence-electron chi connectivity index (χ3n) is 1.60. The molecule has 72 valence electrons. The number of rotatable bonds is 6. The van der Waals surface area contributed by atoms with Gasteiger partial charge in [-0.1, -0.05) is 44.7 Å². The molecule has 2 heteroatoms. The van der Waals surface area contributed by atoms with Crippen molar-refractivity contribution in [2.75, 3.05) is 6.54 Å². The summed E-state index contributed by atoms with van der Waals surface area (Å²) in [5.74, 6) is -0.0802. The smallest absolute Gasteiger partial charge is 0.251 e. The third kappa shape index (κ3) is 5.01. The monoisotopic (exact) mass is 179 g/mol. The quantitative estimate of drug-likeness (QED) is 0.378. The molecule has 1 N–H and O–H groups in total. The van der Waals surface area contributed by atoms with E-state index in [1.807, 2.05) is 0 Å². The van der Waals surface area contributed by atoms with Crippen molar-refractivity contribution in [2.24, 2.45) is 0 Å². The van der Waals surface area contributed by atoms with Crippen molar-refractivity contribution in [3.05, 3.63) is 37.0 Å². The number of amides is 1. The van der Waals surface area contributed by atoms with E-state index >= 15 is 0 Å². The van der Waals surface area contributed by atoms with Crippen molar-refractivity contribution in [3.63, 3.8) is 0 Å². The molecule has 13 heavy (non-hydrogen) atoms. The van der Waals surface area contributed by atoms with Crippen LogP contribution < -0.4 is 5.32 Å². The van der Waals surface area contributed by atoms with Gasteiger partial charge in [0.1, 0.15) is 0 Å². The molecule has 0 aromatic heterocycles. The van der Waals surface area contributed by atoms with Crippen molar-refractivity contribution in [2.45, 2.75) is 19.8 Å². The lowest BCUT2D eigenvalue weighted by Crippen LogP contribution is -2.25. The summed E-state index contributed by atoms with van der Waals surface area (Å²) >= 11 is 0. The first kappa shape index (κ1) is 11.7. The Bertz CT molecular complexity index is 216. The Morgan fingerprint density at radius 1 is 1.46 bits per heavy atom. The first-order valence-electron chi connectivity index (χ1n) is 4.49. The number of hydrogen-bond donors (Lipinski definition) is 1. The van der Waals surface area contributed by atoms with Gasteiger partial charge in [0.2, 0.25) is 0 Å². The second-order valence-corrected chi connectivity index (χ2v) is 2.67. The minimum Gasteiger partial charge on any atom is -0.352 e. The average molecular weight is 179 g/mol. The molecule has 2 nitrogen and oxygen atoms in total. The average Bonchev–Trinajstić information content (AvgIpc) is 2.14. The van der Waals surface area contributed by atoms with Crippen LogP contribution in [0.25, 0.3) is 0 Å². The Hall–Kier alpha value is -1.31. The Morgan fingerprint density at radius 2 is 2.15 bits per heavy atom. The Kier molecular flexibility index (Phi) is 6.60. The number of carbonyl (C=O) groups excluding carboxylic acids is 1. The number of hydrogen-bond acceptors (Lipinski definition) is 1. The van der Waals surface area contributed by atoms with Gasteiger partial charge in [-0.25, -0.2) is 0 Å². The van der Waals surface area contributed by atoms with Gasteiger partial charge in [-0.15, -0.1) is 0 Å². The molecule has 0 fully saturated rings. The van der Waals surface area contributed by atoms with Gasteiger partial charge in [0, 0.05) is 12.1 Å². The number of nitrogens with one attached hydrogen (secondary N) is 1. The van der Waals surface area contributed by atoms with Crippen LogP contribution in [0.15, 0.2) is 37.0 Å². The summed E-state index contributed by atoms with van der Waals surface area (Å²) in [4.78, 5) is 11.3. The predicted octanol–water partition coefficient (Wildman–Crippen LogP) is 2.20. The fraction of sp³-hybridized carbons (Fsp3) is 0.364. The molecule has 0 saturated carbocycles. The van der Waals surface area contributed by atoms with E-state index in [1.165, 1.54) is 6.08 Å². The predicted molar refractivity (Wildman–Crippen MR) is 56.4 cm³/mol. The van der Waals surface area contributed by atoms with Gasteiger partial charge in [-0.05, 0) is 6.42 Å². The molecule has 0 aliphatic carbocycles. The lowest BCUT2D eigenvalue weighted by atomic mass is 10.2. The molecule has 1 amide bonds. The maximum absolute atomic E-state index is 11.3. The maximum atomic E-state index is 11.3. The molecule has 0 aliphatic rings. The van der Waals surface area contributed by atoms with Gasteiger partial charge in [0.05, 0.1) is 0 Å². The fourth-order valence-electron chi connectivity index (χ4n) is 0.844. The molecular formula is C11H17NO. The highest BCUT2D eigenvalue weighted by atomic mass is 16.1. The van der Waals surface area contributed by atoms with Crippen LogP contribution in [0.5, 0.6) is 0 Å². The number of unbranched alkanes of at least 4 members (excludes halogenated alkanes) is 1. The maximum Gasteiger partial charge on any atom is 0.251 e. The molecule has 0 aliphatic heterocycles. The van der Waals surface area contributed by atoms with Crippen LogP contribution in [0.1, 0.15) is 19.8 Å². The molecule has 0 unspecified atom stereocenters. The zero-order valence-electron chi connectivity index (χ0n) is 8.18. The van der Waals surface area contributed by atoms with Gasteiger partial charge in [0.15, 0.2) is 0 Å². The van der Waals surface area contributed by atoms with E-state index in [-0.39, 0.29) is 5.91 Å². The number of allylic oxidation sites excluding steroid dienone is 2. The Balaban J connectivity index is 3.99. The van der Waals surface area contributed by atoms with Gasteiger partial charge >= 0.3 is 0 Å². The minimum atomic E-state index is -0.0802. The van der Waals surface area contributed by atoms with Gasteiger partial charge < -0.3 is 5.32 Å². The normalized spacial score (nSPS) is 10.7. The fourth-order valence-corrected chi connectivity index (χ4v) is 0.844. The molecule has 0 bridgehead atoms. The topological polar surface area (TPSA) is 29.1 Å². The third-order valence-corrected chi connectivity index (χ3v) is 1.60. The van der Waals surface area contributed by atoms with Crippen LogP contribution in [0, 0.1) is 0 Å². The standard InChI is InChI=1S/C11H17NO/c1-4-7-9-12-11(13)10(6-3)8-5-2/h5-6,8H,2-4,7,9H2,1H3,(H,12,13)/b10-8+. The summed E-state index contributed by atoms with van der Waals surface area (Å²) in [5, 5.41) is 2.79. The van der Waals surface area contributed by atoms with Crippen molar-refractivity contribution >= 4 is 5.91 Å². The summed E-state index contributed by atoms with van der Waals surface area (Å²) in [6, 6.07) is 0. The van der Waals surface area contributed by atoms with E-state index in [2.05, 4.69) is 25.4 Å². The molecule has 0 heterocycles. The zero-order valence-corrected chi connectivity index (χ0v) is 8.18. The zero-order chi connectivity index (χ0) is 10.1. The van der Waals surface area contributed by atoms with E-state index in [0.717, 1.165) is 19.4 Å². The Morgan fingerprint density at radius 3 is 2.62 bits per heavy atom. The largest absolute Gasteiger partial charge is 0.352 e. The lowest BCUT2D eigenvalue weighted by Gasteiger charge is -2.03. The molecule has 0 atom stereocenters. The molecule has 0 spiro atoms. The molecule has 0 aromatic carbocycles. The van der Waals surface area contributed by atoms with Gasteiger partial charge in [0.25, 0.3) is 5.91 Å². The summed E-state index contributed by atoms with van der Waals surface area (Å²) < 4.78 is 0. The Labute approximate surface area is 80.0 Å². The SMILES string of the molecule is C=C/C=C(\C=C)C(=O)NCCCC. The summed E-state index contributed by atoms with van der Waals surface area (Å²) in [7, 11) is 0. The van der Waals surface area contributed by atoms with E-state index < -0.39 is 0 Å². The van der Waals surface area contributed by atoms with Crippen LogP contribution in [-0.4, -0.2) is 12.5 Å². The van der Waals surface area contributed by atoms with Crippen LogP contribution in [0.4, 0.5) is 0 Å². The lowest BCUT2D eigenvalue weighted by molar-refractivity contribution is -0.117. The molecule has 0 radical (unpaired) electrons. The van der Waals surface area contributed by atoms with Crippen molar-refractivity contribution in [3.8, 4) is 0 Å². The van der Waals surface area contributed by atoms with Crippen molar-refractivity contribution < 1.29 is 4.79 Å². The molecule has 0 aromatic rings. The van der Waals surface area contributed by atoms with Crippen LogP contribution >= 0.6 is 0 Å². The van der Waals surface area contributed by atoms with Crippen molar-refractivity contribution in [1.82, 2.24) is 5.32 Å². The second kappa shape index (κ2) is 7.35. The summed E-state index contributed by atoms with van der Waals surface area (Å²) in [5.41, 5.74) is 0.561. The van der Waals surface area contributed by atoms with Gasteiger partial charge in [-0.3, -0.25) is 4.79 Å². The highest BCUT2D eigenvalue weighted by Gasteiger charge is 2.02. The summed E-state index contributed by atoms with van der Waals surface area (Å²) in [6.45, 7) is 9.88. The highest BCUT2D eigenvalue weighted by molar-refractivity contribution is 5.96. The first-order valence-corrected chi connectivity index (χ1v) is 4.49. The van der Waals surface area contributed by atoms with E-state index in [1.54, 1.807) is 12.2 Å². The highest BCUT2D eigenvalue weighted by Crippen LogP contribution is 1.96. The molecular weight excluding hydrogens is 162 g/mol. The van der Waals surface area contributed by atoms with Crippen molar-refractivity contribution in [1.29, 1.82) is 0 Å². The van der Waals surface area contributed by atoms with Crippen LogP contribution in [0.2, 0.25) is 0 Å².